The van der Waals surface area contributed by atoms with Crippen LogP contribution in [0.5, 0.6) is 0 Å². The molecule has 2 aromatic rings. The van der Waals surface area contributed by atoms with E-state index in [9.17, 15) is 4.39 Å². The third-order valence-corrected chi connectivity index (χ3v) is 6.26. The van der Waals surface area contributed by atoms with E-state index >= 15 is 0 Å². The van der Waals surface area contributed by atoms with Crippen molar-refractivity contribution in [2.75, 3.05) is 42.0 Å². The van der Waals surface area contributed by atoms with Gasteiger partial charge in [0.1, 0.15) is 11.7 Å². The summed E-state index contributed by atoms with van der Waals surface area (Å²) in [5.41, 5.74) is 6.69. The Labute approximate surface area is 190 Å². The third kappa shape index (κ3) is 4.49. The lowest BCUT2D eigenvalue weighted by Crippen LogP contribution is -2.52. The van der Waals surface area contributed by atoms with E-state index in [1.807, 2.05) is 0 Å². The summed E-state index contributed by atoms with van der Waals surface area (Å²) in [5, 5.41) is 0. The number of halogens is 1. The molecule has 0 aliphatic carbocycles. The van der Waals surface area contributed by atoms with Crippen LogP contribution in [-0.2, 0) is 9.47 Å². The minimum atomic E-state index is -1.33. The van der Waals surface area contributed by atoms with Gasteiger partial charge in [-0.3, -0.25) is 0 Å². The molecule has 0 saturated carbocycles. The van der Waals surface area contributed by atoms with E-state index in [0.29, 0.717) is 55.3 Å². The highest BCUT2D eigenvalue weighted by Crippen LogP contribution is 2.35. The summed E-state index contributed by atoms with van der Waals surface area (Å²) in [6, 6.07) is 1.86. The minimum absolute atomic E-state index is 0.0843. The van der Waals surface area contributed by atoms with Gasteiger partial charge in [-0.1, -0.05) is 9.24 Å². The Balaban J connectivity index is 1.89. The van der Waals surface area contributed by atoms with Crippen molar-refractivity contribution in [3.05, 3.63) is 17.8 Å². The average molecular weight is 463 g/mol. The Kier molecular flexibility index (Phi) is 6.74. The van der Waals surface area contributed by atoms with Crippen molar-refractivity contribution < 1.29 is 13.9 Å². The zero-order valence-corrected chi connectivity index (χ0v) is 20.1. The van der Waals surface area contributed by atoms with Crippen molar-refractivity contribution >= 4 is 27.0 Å². The standard InChI is InChI=1S/C21H31FN7O2P/c1-11-7-30-8-12(2)28(11)20-25-19(16-6-24-17(23)5-15(16)18(22)32)26-21(27-20)29-13(3)9-31-10-14(29)4/h5-6,11-14,18H,7-10,32H2,1-4H3,(H2,23,24)/t11-,12+,13-,14+,18?. The molecule has 2 N–H and O–H groups in total. The normalized spacial score (nSPS) is 27.4. The number of anilines is 3. The van der Waals surface area contributed by atoms with E-state index in [1.165, 1.54) is 12.3 Å². The number of nitrogens with zero attached hydrogens (tertiary/aromatic N) is 6. The maximum Gasteiger partial charge on any atom is 0.231 e. The predicted octanol–water partition coefficient (Wildman–Crippen LogP) is 2.59. The molecule has 4 heterocycles. The Bertz CT molecular complexity index is 901. The maximum absolute atomic E-state index is 14.5. The smallest absolute Gasteiger partial charge is 0.231 e. The highest BCUT2D eigenvalue weighted by Gasteiger charge is 2.33. The quantitative estimate of drug-likeness (QED) is 0.686. The second kappa shape index (κ2) is 9.37. The van der Waals surface area contributed by atoms with E-state index in [2.05, 4.69) is 51.7 Å². The fourth-order valence-corrected chi connectivity index (χ4v) is 4.68. The van der Waals surface area contributed by atoms with Crippen LogP contribution in [0.2, 0.25) is 0 Å². The molecule has 2 aliphatic rings. The number of rotatable bonds is 4. The summed E-state index contributed by atoms with van der Waals surface area (Å²) in [6.45, 7) is 10.6. The largest absolute Gasteiger partial charge is 0.384 e. The van der Waals surface area contributed by atoms with E-state index < -0.39 is 5.91 Å². The Morgan fingerprint density at radius 2 is 1.41 bits per heavy atom. The molecule has 0 spiro atoms. The average Bonchev–Trinajstić information content (AvgIpc) is 2.73. The van der Waals surface area contributed by atoms with E-state index in [1.54, 1.807) is 0 Å². The van der Waals surface area contributed by atoms with Crippen molar-refractivity contribution in [3.8, 4) is 11.4 Å². The van der Waals surface area contributed by atoms with Crippen LogP contribution in [0, 0.1) is 0 Å². The van der Waals surface area contributed by atoms with Crippen LogP contribution < -0.4 is 15.5 Å². The zero-order valence-electron chi connectivity index (χ0n) is 18.9. The van der Waals surface area contributed by atoms with Crippen LogP contribution in [0.25, 0.3) is 11.4 Å². The number of morpholine rings is 2. The monoisotopic (exact) mass is 463 g/mol. The molecule has 0 amide bonds. The van der Waals surface area contributed by atoms with Gasteiger partial charge in [-0.2, -0.15) is 15.0 Å². The van der Waals surface area contributed by atoms with Gasteiger partial charge in [-0.15, -0.1) is 0 Å². The minimum Gasteiger partial charge on any atom is -0.384 e. The third-order valence-electron chi connectivity index (χ3n) is 5.90. The fourth-order valence-electron chi connectivity index (χ4n) is 4.41. The van der Waals surface area contributed by atoms with Gasteiger partial charge in [-0.05, 0) is 33.8 Å². The van der Waals surface area contributed by atoms with Crippen LogP contribution in [0.15, 0.2) is 12.3 Å². The van der Waals surface area contributed by atoms with Gasteiger partial charge < -0.3 is 25.0 Å². The van der Waals surface area contributed by atoms with Gasteiger partial charge in [0.25, 0.3) is 0 Å². The zero-order chi connectivity index (χ0) is 23.0. The highest BCUT2D eigenvalue weighted by molar-refractivity contribution is 7.16. The van der Waals surface area contributed by atoms with E-state index in [4.69, 9.17) is 30.2 Å². The SMILES string of the molecule is C[C@@H]1COC[C@H](C)N1c1nc(-c2cnc(N)cc2C(F)P)nc(N2[C@H](C)COC[C@@H]2C)n1. The van der Waals surface area contributed by atoms with Crippen LogP contribution in [-0.4, -0.2) is 70.5 Å². The van der Waals surface area contributed by atoms with Gasteiger partial charge in [-0.25, -0.2) is 9.37 Å². The molecule has 0 bridgehead atoms. The number of pyridine rings is 1. The number of nitrogen functional groups attached to an aromatic ring is 1. The second-order valence-corrected chi connectivity index (χ2v) is 9.23. The second-order valence-electron chi connectivity index (χ2n) is 8.64. The van der Waals surface area contributed by atoms with Crippen molar-refractivity contribution in [1.82, 2.24) is 19.9 Å². The molecule has 2 saturated heterocycles. The van der Waals surface area contributed by atoms with E-state index in [-0.39, 0.29) is 30.0 Å². The maximum atomic E-state index is 14.5. The van der Waals surface area contributed by atoms with Crippen LogP contribution >= 0.6 is 9.24 Å². The van der Waals surface area contributed by atoms with E-state index in [0.717, 1.165) is 0 Å². The molecule has 174 valence electrons. The van der Waals surface area contributed by atoms with Crippen LogP contribution in [0.3, 0.4) is 0 Å². The van der Waals surface area contributed by atoms with Gasteiger partial charge >= 0.3 is 0 Å². The first kappa shape index (κ1) is 23.0. The summed E-state index contributed by atoms with van der Waals surface area (Å²) in [6.07, 6.45) is 1.53. The number of hydrogen-bond donors (Lipinski definition) is 1. The summed E-state index contributed by atoms with van der Waals surface area (Å²) >= 11 is 0. The molecular weight excluding hydrogens is 432 g/mol. The first-order chi connectivity index (χ1) is 15.3. The number of alkyl halides is 1. The summed E-state index contributed by atoms with van der Waals surface area (Å²) in [7, 11) is 2.16. The summed E-state index contributed by atoms with van der Waals surface area (Å²) in [4.78, 5) is 22.9. The molecule has 2 aromatic heterocycles. The molecule has 32 heavy (non-hydrogen) atoms. The summed E-state index contributed by atoms with van der Waals surface area (Å²) < 4.78 is 25.9. The number of aromatic nitrogens is 4. The Morgan fingerprint density at radius 1 is 0.938 bits per heavy atom. The highest BCUT2D eigenvalue weighted by atomic mass is 31.0. The van der Waals surface area contributed by atoms with Gasteiger partial charge in [0.05, 0.1) is 50.6 Å². The molecule has 0 radical (unpaired) electrons. The first-order valence-electron chi connectivity index (χ1n) is 10.9. The predicted molar refractivity (Wildman–Crippen MR) is 125 cm³/mol. The topological polar surface area (TPSA) is 103 Å². The molecule has 2 aliphatic heterocycles. The molecule has 6 atom stereocenters. The van der Waals surface area contributed by atoms with Crippen LogP contribution in [0.4, 0.5) is 22.1 Å². The lowest BCUT2D eigenvalue weighted by atomic mass is 10.1. The lowest BCUT2D eigenvalue weighted by Gasteiger charge is -2.41. The molecule has 4 rings (SSSR count). The van der Waals surface area contributed by atoms with Crippen molar-refractivity contribution in [3.63, 3.8) is 0 Å². The van der Waals surface area contributed by atoms with Crippen LogP contribution in [0.1, 0.15) is 39.2 Å². The van der Waals surface area contributed by atoms with Crippen molar-refractivity contribution in [2.45, 2.75) is 57.8 Å². The molecular formula is C21H31FN7O2P. The van der Waals surface area contributed by atoms with Crippen molar-refractivity contribution in [2.24, 2.45) is 0 Å². The van der Waals surface area contributed by atoms with Crippen molar-refractivity contribution in [1.29, 1.82) is 0 Å². The summed E-state index contributed by atoms with van der Waals surface area (Å²) in [5.74, 6) is 0.368. The number of hydrogen-bond acceptors (Lipinski definition) is 9. The van der Waals surface area contributed by atoms with Gasteiger partial charge in [0, 0.05) is 17.3 Å². The molecule has 0 aromatic carbocycles. The molecule has 2 fully saturated rings. The number of nitrogens with two attached hydrogens (primary N) is 1. The van der Waals surface area contributed by atoms with Gasteiger partial charge in [0.15, 0.2) is 5.82 Å². The molecule has 2 unspecified atom stereocenters. The Morgan fingerprint density at radius 3 is 1.84 bits per heavy atom. The van der Waals surface area contributed by atoms with Gasteiger partial charge in [0.2, 0.25) is 11.9 Å². The lowest BCUT2D eigenvalue weighted by molar-refractivity contribution is 0.0733. The first-order valence-corrected chi connectivity index (χ1v) is 11.6. The molecule has 11 heteroatoms. The Hall–Kier alpha value is -2.16. The fraction of sp³-hybridized carbons (Fsp3) is 0.619. The molecule has 9 nitrogen and oxygen atoms in total. The number of ether oxygens (including phenoxy) is 2.